The summed E-state index contributed by atoms with van der Waals surface area (Å²) in [6.07, 6.45) is -0.279. The van der Waals surface area contributed by atoms with Crippen molar-refractivity contribution in [2.75, 3.05) is 10.8 Å². The van der Waals surface area contributed by atoms with E-state index >= 15 is 0 Å². The Hall–Kier alpha value is -1.11. The molecule has 0 heterocycles. The summed E-state index contributed by atoms with van der Waals surface area (Å²) in [6, 6.07) is 6.34. The van der Waals surface area contributed by atoms with Crippen LogP contribution in [0.2, 0.25) is 5.02 Å². The molecule has 16 heavy (non-hydrogen) atoms. The third kappa shape index (κ3) is 3.48. The van der Waals surface area contributed by atoms with Crippen LogP contribution in [0.5, 0.6) is 0 Å². The lowest BCUT2D eigenvalue weighted by Gasteiger charge is -2.26. The summed E-state index contributed by atoms with van der Waals surface area (Å²) >= 11 is 3.27. The first-order valence-corrected chi connectivity index (χ1v) is 5.76. The van der Waals surface area contributed by atoms with Crippen LogP contribution in [0.3, 0.4) is 0 Å². The number of hydrogen-bond acceptors (Lipinski definition) is 3. The van der Waals surface area contributed by atoms with Gasteiger partial charge in [0.2, 0.25) is 0 Å². The van der Waals surface area contributed by atoms with Crippen LogP contribution in [0.1, 0.15) is 6.42 Å². The number of rotatable bonds is 5. The van der Waals surface area contributed by atoms with Gasteiger partial charge >= 0.3 is 5.97 Å². The first kappa shape index (κ1) is 13.0. The van der Waals surface area contributed by atoms with E-state index in [1.54, 1.807) is 12.1 Å². The second kappa shape index (κ2) is 5.83. The maximum absolute atomic E-state index is 10.9. The van der Waals surface area contributed by atoms with E-state index in [4.69, 9.17) is 16.7 Å². The number of anilines is 1. The summed E-state index contributed by atoms with van der Waals surface area (Å²) in [5.74, 6) is -1.07. The van der Waals surface area contributed by atoms with Crippen molar-refractivity contribution in [3.63, 3.8) is 0 Å². The highest BCUT2D eigenvalue weighted by molar-refractivity contribution is 7.80. The topological polar surface area (TPSA) is 80.7 Å². The maximum Gasteiger partial charge on any atom is 0.305 e. The van der Waals surface area contributed by atoms with E-state index in [9.17, 15) is 13.6 Å². The summed E-state index contributed by atoms with van der Waals surface area (Å²) in [4.78, 5) is 10.4. The van der Waals surface area contributed by atoms with Crippen molar-refractivity contribution in [2.24, 2.45) is 0 Å². The second-order valence-corrected chi connectivity index (χ2v) is 4.20. The Bertz CT molecular complexity index is 412. The summed E-state index contributed by atoms with van der Waals surface area (Å²) in [7, 11) is 0. The van der Waals surface area contributed by atoms with Crippen molar-refractivity contribution >= 4 is 34.5 Å². The number of halogens is 1. The van der Waals surface area contributed by atoms with Gasteiger partial charge < -0.3 is 14.0 Å². The maximum atomic E-state index is 10.9. The SMILES string of the molecule is O=C(O)CCN(c1ccccc1Cl)S(=O)[O-]. The van der Waals surface area contributed by atoms with Crippen molar-refractivity contribution in [3.8, 4) is 0 Å². The molecule has 0 amide bonds. The Balaban J connectivity index is 2.90. The molecule has 0 saturated heterocycles. The van der Waals surface area contributed by atoms with Crippen LogP contribution < -0.4 is 4.31 Å². The highest BCUT2D eigenvalue weighted by Crippen LogP contribution is 2.25. The number of benzene rings is 1. The van der Waals surface area contributed by atoms with Crippen molar-refractivity contribution < 1.29 is 18.7 Å². The molecule has 1 aromatic rings. The zero-order chi connectivity index (χ0) is 12.1. The molecule has 0 saturated carbocycles. The average molecular weight is 263 g/mol. The first-order valence-electron chi connectivity index (χ1n) is 4.35. The van der Waals surface area contributed by atoms with Crippen LogP contribution in [0.15, 0.2) is 24.3 Å². The molecule has 1 atom stereocenters. The van der Waals surface area contributed by atoms with Gasteiger partial charge in [-0.3, -0.25) is 9.00 Å². The standard InChI is InChI=1S/C9H10ClNO4S/c10-7-3-1-2-4-8(7)11(16(14)15)6-5-9(12)13/h1-4H,5-6H2,(H,12,13)(H,14,15)/p-1. The van der Waals surface area contributed by atoms with E-state index in [0.29, 0.717) is 0 Å². The van der Waals surface area contributed by atoms with Crippen LogP contribution in [-0.2, 0) is 16.1 Å². The van der Waals surface area contributed by atoms with Gasteiger partial charge in [0.25, 0.3) is 0 Å². The van der Waals surface area contributed by atoms with Gasteiger partial charge in [0.15, 0.2) is 0 Å². The van der Waals surface area contributed by atoms with E-state index in [1.807, 2.05) is 0 Å². The summed E-state index contributed by atoms with van der Waals surface area (Å²) in [5.41, 5.74) is 0.277. The molecule has 1 rings (SSSR count). The largest absolute Gasteiger partial charge is 0.755 e. The molecular formula is C9H9ClNO4S-. The Kier molecular flexibility index (Phi) is 4.72. The average Bonchev–Trinajstić information content (AvgIpc) is 2.20. The third-order valence-corrected chi connectivity index (χ3v) is 2.89. The van der Waals surface area contributed by atoms with E-state index in [1.165, 1.54) is 12.1 Å². The van der Waals surface area contributed by atoms with Crippen molar-refractivity contribution in [1.82, 2.24) is 0 Å². The minimum Gasteiger partial charge on any atom is -0.755 e. The summed E-state index contributed by atoms with van der Waals surface area (Å²) in [5, 5.41) is 8.76. The molecule has 0 aliphatic heterocycles. The fourth-order valence-electron chi connectivity index (χ4n) is 1.13. The molecule has 1 N–H and O–H groups in total. The van der Waals surface area contributed by atoms with Crippen molar-refractivity contribution in [2.45, 2.75) is 6.42 Å². The van der Waals surface area contributed by atoms with Gasteiger partial charge in [-0.25, -0.2) is 0 Å². The zero-order valence-corrected chi connectivity index (χ0v) is 9.70. The van der Waals surface area contributed by atoms with Crippen LogP contribution in [0, 0.1) is 0 Å². The molecule has 0 radical (unpaired) electrons. The number of carbonyl (C=O) groups is 1. The lowest BCUT2D eigenvalue weighted by Crippen LogP contribution is -2.28. The summed E-state index contributed by atoms with van der Waals surface area (Å²) in [6.45, 7) is -0.144. The zero-order valence-electron chi connectivity index (χ0n) is 8.13. The Labute approximate surface area is 100 Å². The Morgan fingerprint density at radius 1 is 1.50 bits per heavy atom. The predicted octanol–water partition coefficient (Wildman–Crippen LogP) is 1.42. The van der Waals surface area contributed by atoms with Gasteiger partial charge in [0.05, 0.1) is 17.1 Å². The number of para-hydroxylation sites is 1. The van der Waals surface area contributed by atoms with Gasteiger partial charge in [-0.2, -0.15) is 0 Å². The van der Waals surface area contributed by atoms with E-state index in [0.717, 1.165) is 4.31 Å². The Morgan fingerprint density at radius 2 is 2.12 bits per heavy atom. The molecule has 0 spiro atoms. The molecule has 5 nitrogen and oxygen atoms in total. The number of hydrogen-bond donors (Lipinski definition) is 1. The van der Waals surface area contributed by atoms with Crippen LogP contribution in [0.25, 0.3) is 0 Å². The molecule has 1 aromatic carbocycles. The quantitative estimate of drug-likeness (QED) is 0.814. The molecule has 0 aliphatic carbocycles. The highest BCUT2D eigenvalue weighted by Gasteiger charge is 2.12. The number of carboxylic acid groups (broad SMARTS) is 1. The van der Waals surface area contributed by atoms with Gasteiger partial charge in [0.1, 0.15) is 0 Å². The van der Waals surface area contributed by atoms with Gasteiger partial charge in [0, 0.05) is 17.8 Å². The number of nitrogens with zero attached hydrogens (tertiary/aromatic N) is 1. The van der Waals surface area contributed by atoms with Crippen molar-refractivity contribution in [3.05, 3.63) is 29.3 Å². The predicted molar refractivity (Wildman–Crippen MR) is 60.0 cm³/mol. The molecule has 7 heteroatoms. The molecular weight excluding hydrogens is 254 g/mol. The fraction of sp³-hybridized carbons (Fsp3) is 0.222. The Morgan fingerprint density at radius 3 is 2.62 bits per heavy atom. The molecule has 1 unspecified atom stereocenters. The third-order valence-electron chi connectivity index (χ3n) is 1.83. The highest BCUT2D eigenvalue weighted by atomic mass is 35.5. The van der Waals surface area contributed by atoms with Crippen LogP contribution >= 0.6 is 11.6 Å². The number of carboxylic acids is 1. The van der Waals surface area contributed by atoms with Crippen LogP contribution in [0.4, 0.5) is 5.69 Å². The van der Waals surface area contributed by atoms with Crippen molar-refractivity contribution in [1.29, 1.82) is 0 Å². The normalized spacial score (nSPS) is 12.1. The van der Waals surface area contributed by atoms with Gasteiger partial charge in [-0.15, -0.1) is 0 Å². The fourth-order valence-corrected chi connectivity index (χ4v) is 1.97. The molecule has 0 aliphatic rings. The minimum atomic E-state index is -2.55. The van der Waals surface area contributed by atoms with Gasteiger partial charge in [-0.05, 0) is 12.1 Å². The molecule has 88 valence electrons. The molecule has 0 bridgehead atoms. The summed E-state index contributed by atoms with van der Waals surface area (Å²) < 4.78 is 22.8. The monoisotopic (exact) mass is 262 g/mol. The molecule has 0 aromatic heterocycles. The smallest absolute Gasteiger partial charge is 0.305 e. The molecule has 0 fully saturated rings. The second-order valence-electron chi connectivity index (χ2n) is 2.91. The lowest BCUT2D eigenvalue weighted by molar-refractivity contribution is -0.136. The van der Waals surface area contributed by atoms with Gasteiger partial charge in [-0.1, -0.05) is 23.7 Å². The van der Waals surface area contributed by atoms with E-state index in [-0.39, 0.29) is 23.7 Å². The van der Waals surface area contributed by atoms with Crippen LogP contribution in [-0.4, -0.2) is 26.4 Å². The minimum absolute atomic E-state index is 0.144. The lowest BCUT2D eigenvalue weighted by atomic mass is 10.3. The van der Waals surface area contributed by atoms with E-state index < -0.39 is 17.2 Å². The number of aliphatic carboxylic acids is 1. The first-order chi connectivity index (χ1) is 7.52. The van der Waals surface area contributed by atoms with E-state index in [2.05, 4.69) is 0 Å².